The summed E-state index contributed by atoms with van der Waals surface area (Å²) >= 11 is 0. The van der Waals surface area contributed by atoms with E-state index in [0.717, 1.165) is 35.6 Å². The van der Waals surface area contributed by atoms with Gasteiger partial charge in [-0.3, -0.25) is 9.78 Å². The third-order valence-electron chi connectivity index (χ3n) is 4.99. The van der Waals surface area contributed by atoms with Gasteiger partial charge in [-0.25, -0.2) is 0 Å². The number of benzene rings is 2. The van der Waals surface area contributed by atoms with Crippen LogP contribution in [0, 0.1) is 6.92 Å². The predicted octanol–water partition coefficient (Wildman–Crippen LogP) is 4.91. The van der Waals surface area contributed by atoms with E-state index < -0.39 is 0 Å². The van der Waals surface area contributed by atoms with Gasteiger partial charge in [-0.15, -0.1) is 0 Å². The second-order valence-electron chi connectivity index (χ2n) is 6.92. The number of carbonyl (C=O) groups excluding carboxylic acids is 1. The number of aromatic nitrogens is 1. The van der Waals surface area contributed by atoms with Crippen LogP contribution in [0.15, 0.2) is 67.0 Å². The molecule has 0 unspecified atom stereocenters. The molecule has 0 saturated carbocycles. The molecule has 0 atom stereocenters. The van der Waals surface area contributed by atoms with Gasteiger partial charge in [0.05, 0.1) is 17.4 Å². The average Bonchev–Trinajstić information content (AvgIpc) is 2.75. The Hall–Kier alpha value is -3.34. The topological polar surface area (TPSA) is 57.3 Å². The molecule has 0 spiro atoms. The molecule has 29 heavy (non-hydrogen) atoms. The molecule has 0 saturated heterocycles. The van der Waals surface area contributed by atoms with E-state index in [1.807, 2.05) is 49.4 Å². The molecule has 5 nitrogen and oxygen atoms in total. The summed E-state index contributed by atoms with van der Waals surface area (Å²) < 4.78 is 0. The van der Waals surface area contributed by atoms with Gasteiger partial charge in [-0.1, -0.05) is 24.3 Å². The van der Waals surface area contributed by atoms with Gasteiger partial charge in [0.1, 0.15) is 0 Å². The number of anilines is 3. The van der Waals surface area contributed by atoms with Gasteiger partial charge in [0.25, 0.3) is 5.91 Å². The van der Waals surface area contributed by atoms with Crippen molar-refractivity contribution in [2.45, 2.75) is 27.3 Å². The SMILES string of the molecule is CCN(CC)c1ccc(Nc2cncc(C(=O)NCc3ccccc3C)c2)cc1. The van der Waals surface area contributed by atoms with Gasteiger partial charge >= 0.3 is 0 Å². The summed E-state index contributed by atoms with van der Waals surface area (Å²) in [6.07, 6.45) is 3.30. The average molecular weight is 389 g/mol. The van der Waals surface area contributed by atoms with Crippen LogP contribution in [0.25, 0.3) is 0 Å². The van der Waals surface area contributed by atoms with Crippen molar-refractivity contribution in [2.75, 3.05) is 23.3 Å². The summed E-state index contributed by atoms with van der Waals surface area (Å²) in [6, 6.07) is 18.1. The number of nitrogens with one attached hydrogen (secondary N) is 2. The quantitative estimate of drug-likeness (QED) is 0.576. The van der Waals surface area contributed by atoms with E-state index in [4.69, 9.17) is 0 Å². The highest BCUT2D eigenvalue weighted by Crippen LogP contribution is 2.21. The lowest BCUT2D eigenvalue weighted by Gasteiger charge is -2.21. The van der Waals surface area contributed by atoms with E-state index in [1.165, 1.54) is 5.69 Å². The molecule has 0 radical (unpaired) electrons. The first-order valence-electron chi connectivity index (χ1n) is 10.0. The smallest absolute Gasteiger partial charge is 0.253 e. The van der Waals surface area contributed by atoms with Crippen LogP contribution in [-0.4, -0.2) is 24.0 Å². The minimum Gasteiger partial charge on any atom is -0.372 e. The third-order valence-corrected chi connectivity index (χ3v) is 4.99. The van der Waals surface area contributed by atoms with Crippen LogP contribution in [0.5, 0.6) is 0 Å². The third kappa shape index (κ3) is 5.35. The van der Waals surface area contributed by atoms with Gasteiger partial charge < -0.3 is 15.5 Å². The summed E-state index contributed by atoms with van der Waals surface area (Å²) in [4.78, 5) is 19.0. The van der Waals surface area contributed by atoms with Crippen LogP contribution in [0.2, 0.25) is 0 Å². The first-order valence-corrected chi connectivity index (χ1v) is 10.0. The lowest BCUT2D eigenvalue weighted by Crippen LogP contribution is -2.23. The minimum atomic E-state index is -0.138. The fraction of sp³-hybridized carbons (Fsp3) is 0.250. The molecule has 0 fully saturated rings. The Morgan fingerprint density at radius 3 is 2.38 bits per heavy atom. The van der Waals surface area contributed by atoms with E-state index >= 15 is 0 Å². The van der Waals surface area contributed by atoms with Gasteiger partial charge in [0.2, 0.25) is 0 Å². The maximum atomic E-state index is 12.5. The lowest BCUT2D eigenvalue weighted by atomic mass is 10.1. The zero-order valence-corrected chi connectivity index (χ0v) is 17.3. The zero-order valence-electron chi connectivity index (χ0n) is 17.3. The number of carbonyl (C=O) groups is 1. The van der Waals surface area contributed by atoms with Crippen molar-refractivity contribution in [3.8, 4) is 0 Å². The van der Waals surface area contributed by atoms with Gasteiger partial charge in [-0.2, -0.15) is 0 Å². The Bertz CT molecular complexity index is 949. The normalized spacial score (nSPS) is 10.4. The Labute approximate surface area is 172 Å². The summed E-state index contributed by atoms with van der Waals surface area (Å²) in [5, 5.41) is 6.29. The van der Waals surface area contributed by atoms with Crippen molar-refractivity contribution >= 4 is 23.0 Å². The van der Waals surface area contributed by atoms with Crippen molar-refractivity contribution in [1.82, 2.24) is 10.3 Å². The molecule has 3 rings (SSSR count). The largest absolute Gasteiger partial charge is 0.372 e. The summed E-state index contributed by atoms with van der Waals surface area (Å²) in [5.41, 5.74) is 5.74. The van der Waals surface area contributed by atoms with Crippen molar-refractivity contribution in [2.24, 2.45) is 0 Å². The number of amides is 1. The van der Waals surface area contributed by atoms with Crippen LogP contribution < -0.4 is 15.5 Å². The molecular weight excluding hydrogens is 360 g/mol. The van der Waals surface area contributed by atoms with Crippen molar-refractivity contribution in [3.05, 3.63) is 83.7 Å². The van der Waals surface area contributed by atoms with Crippen molar-refractivity contribution in [1.29, 1.82) is 0 Å². The molecule has 1 amide bonds. The number of rotatable bonds is 8. The number of hydrogen-bond donors (Lipinski definition) is 2. The van der Waals surface area contributed by atoms with Gasteiger partial charge in [0.15, 0.2) is 0 Å². The van der Waals surface area contributed by atoms with Crippen LogP contribution in [0.1, 0.15) is 35.3 Å². The molecule has 0 aliphatic carbocycles. The monoisotopic (exact) mass is 388 g/mol. The highest BCUT2D eigenvalue weighted by atomic mass is 16.1. The fourth-order valence-corrected chi connectivity index (χ4v) is 3.23. The number of aryl methyl sites for hydroxylation is 1. The number of hydrogen-bond acceptors (Lipinski definition) is 4. The van der Waals surface area contributed by atoms with E-state index in [9.17, 15) is 4.79 Å². The van der Waals surface area contributed by atoms with Crippen LogP contribution in [-0.2, 0) is 6.54 Å². The van der Waals surface area contributed by atoms with Gasteiger partial charge in [-0.05, 0) is 62.2 Å². The zero-order chi connectivity index (χ0) is 20.6. The maximum Gasteiger partial charge on any atom is 0.253 e. The van der Waals surface area contributed by atoms with Crippen LogP contribution in [0.4, 0.5) is 17.1 Å². The standard InChI is InChI=1S/C24H28N4O/c1-4-28(5-2)23-12-10-21(11-13-23)27-22-14-20(15-25-17-22)24(29)26-16-19-9-7-6-8-18(19)3/h6-15,17,27H,4-5,16H2,1-3H3,(H,26,29). The summed E-state index contributed by atoms with van der Waals surface area (Å²) in [5.74, 6) is -0.138. The van der Waals surface area contributed by atoms with E-state index in [1.54, 1.807) is 12.4 Å². The minimum absolute atomic E-state index is 0.138. The molecule has 2 aromatic carbocycles. The Kier molecular flexibility index (Phi) is 6.85. The summed E-state index contributed by atoms with van der Waals surface area (Å²) in [7, 11) is 0. The molecule has 0 bridgehead atoms. The molecule has 3 aromatic rings. The summed E-state index contributed by atoms with van der Waals surface area (Å²) in [6.45, 7) is 8.79. The molecule has 1 aromatic heterocycles. The lowest BCUT2D eigenvalue weighted by molar-refractivity contribution is 0.0950. The van der Waals surface area contributed by atoms with Crippen LogP contribution in [0.3, 0.4) is 0 Å². The second-order valence-corrected chi connectivity index (χ2v) is 6.92. The number of nitrogens with zero attached hydrogens (tertiary/aromatic N) is 2. The maximum absolute atomic E-state index is 12.5. The fourth-order valence-electron chi connectivity index (χ4n) is 3.23. The Balaban J connectivity index is 1.64. The molecule has 150 valence electrons. The molecule has 0 aliphatic heterocycles. The first-order chi connectivity index (χ1) is 14.1. The predicted molar refractivity (Wildman–Crippen MR) is 120 cm³/mol. The van der Waals surface area contributed by atoms with Crippen molar-refractivity contribution < 1.29 is 4.79 Å². The van der Waals surface area contributed by atoms with E-state index in [-0.39, 0.29) is 5.91 Å². The van der Waals surface area contributed by atoms with E-state index in [0.29, 0.717) is 12.1 Å². The Morgan fingerprint density at radius 2 is 1.69 bits per heavy atom. The molecule has 2 N–H and O–H groups in total. The van der Waals surface area contributed by atoms with E-state index in [2.05, 4.69) is 46.5 Å². The van der Waals surface area contributed by atoms with Crippen LogP contribution >= 0.6 is 0 Å². The van der Waals surface area contributed by atoms with Crippen molar-refractivity contribution in [3.63, 3.8) is 0 Å². The van der Waals surface area contributed by atoms with Gasteiger partial charge in [0, 0.05) is 37.2 Å². The molecular formula is C24H28N4O. The molecule has 5 heteroatoms. The first kappa shape index (κ1) is 20.4. The second kappa shape index (κ2) is 9.73. The molecule has 0 aliphatic rings. The Morgan fingerprint density at radius 1 is 0.966 bits per heavy atom. The number of pyridine rings is 1. The molecule has 1 heterocycles. The highest BCUT2D eigenvalue weighted by molar-refractivity contribution is 5.94. The highest BCUT2D eigenvalue weighted by Gasteiger charge is 2.08.